The van der Waals surface area contributed by atoms with Crippen molar-refractivity contribution < 1.29 is 9.13 Å². The molecule has 0 saturated carbocycles. The lowest BCUT2D eigenvalue weighted by molar-refractivity contribution is -0.384. The number of nitrogens with zero attached hydrogens (tertiary/aromatic N) is 2. The van der Waals surface area contributed by atoms with Gasteiger partial charge in [0.15, 0.2) is 0 Å². The largest absolute Gasteiger partial charge is 0.269 e. The van der Waals surface area contributed by atoms with Crippen LogP contribution in [0.15, 0.2) is 29.2 Å². The van der Waals surface area contributed by atoms with Crippen molar-refractivity contribution in [3.8, 4) is 0 Å². The number of rotatable bonds is 3. The molecule has 92 valence electrons. The monoisotopic (exact) mass is 255 g/mol. The van der Waals surface area contributed by atoms with Crippen molar-refractivity contribution in [2.24, 2.45) is 0 Å². The Hall–Kier alpha value is -1.47. The summed E-state index contributed by atoms with van der Waals surface area (Å²) in [6.45, 7) is 1.30. The van der Waals surface area contributed by atoms with E-state index >= 15 is 0 Å². The van der Waals surface area contributed by atoms with Crippen molar-refractivity contribution in [3.05, 3.63) is 34.4 Å². The van der Waals surface area contributed by atoms with Gasteiger partial charge >= 0.3 is 0 Å². The average molecular weight is 255 g/mol. The molecule has 0 amide bonds. The molecular formula is C10H13N3O3S. The standard InChI is InChI=1S/C10H13N3O3S/c11-17(16,12-7-1-2-8-12)10-5-3-9(4-6-10)13(14)15/h3-6,11H,1-2,7-8H2. The van der Waals surface area contributed by atoms with Crippen LogP contribution >= 0.6 is 0 Å². The van der Waals surface area contributed by atoms with E-state index in [-0.39, 0.29) is 5.69 Å². The van der Waals surface area contributed by atoms with E-state index in [1.807, 2.05) is 0 Å². The van der Waals surface area contributed by atoms with Crippen molar-refractivity contribution in [2.75, 3.05) is 13.1 Å². The van der Waals surface area contributed by atoms with Crippen molar-refractivity contribution in [1.29, 1.82) is 4.78 Å². The second kappa shape index (κ2) is 4.42. The normalized spacial score (nSPS) is 20.0. The van der Waals surface area contributed by atoms with E-state index in [1.165, 1.54) is 24.3 Å². The molecule has 1 fully saturated rings. The van der Waals surface area contributed by atoms with Gasteiger partial charge in [0, 0.05) is 25.2 Å². The van der Waals surface area contributed by atoms with Crippen LogP contribution in [0.1, 0.15) is 12.8 Å². The summed E-state index contributed by atoms with van der Waals surface area (Å²) >= 11 is 0. The van der Waals surface area contributed by atoms with E-state index in [2.05, 4.69) is 0 Å². The quantitative estimate of drug-likeness (QED) is 0.662. The van der Waals surface area contributed by atoms with Crippen LogP contribution in [0.25, 0.3) is 0 Å². The lowest BCUT2D eigenvalue weighted by Crippen LogP contribution is -2.26. The van der Waals surface area contributed by atoms with Gasteiger partial charge in [-0.2, -0.15) is 0 Å². The topological polar surface area (TPSA) is 87.3 Å². The number of hydrogen-bond acceptors (Lipinski definition) is 4. The molecule has 0 bridgehead atoms. The zero-order valence-corrected chi connectivity index (χ0v) is 9.98. The minimum Gasteiger partial charge on any atom is -0.258 e. The fourth-order valence-corrected chi connectivity index (χ4v) is 3.42. The summed E-state index contributed by atoms with van der Waals surface area (Å²) in [5.74, 6) is 0. The number of benzene rings is 1. The molecule has 17 heavy (non-hydrogen) atoms. The minimum absolute atomic E-state index is 0.0506. The van der Waals surface area contributed by atoms with Gasteiger partial charge in [0.2, 0.25) is 0 Å². The maximum absolute atomic E-state index is 12.3. The van der Waals surface area contributed by atoms with E-state index in [4.69, 9.17) is 4.78 Å². The molecule has 0 aromatic heterocycles. The average Bonchev–Trinajstić information content (AvgIpc) is 2.83. The molecule has 6 nitrogen and oxygen atoms in total. The zero-order chi connectivity index (χ0) is 12.5. The first-order chi connectivity index (χ1) is 8.01. The number of hydrogen-bond donors (Lipinski definition) is 1. The van der Waals surface area contributed by atoms with Crippen molar-refractivity contribution in [2.45, 2.75) is 17.7 Å². The Kier molecular flexibility index (Phi) is 3.12. The molecule has 0 spiro atoms. The Morgan fingerprint density at radius 2 is 1.76 bits per heavy atom. The molecule has 1 heterocycles. The number of nitro benzene ring substituents is 1. The van der Waals surface area contributed by atoms with E-state index < -0.39 is 14.8 Å². The fourth-order valence-electron chi connectivity index (χ4n) is 1.85. The summed E-state index contributed by atoms with van der Waals surface area (Å²) in [4.78, 5) is 10.3. The van der Waals surface area contributed by atoms with Crippen LogP contribution in [0.5, 0.6) is 0 Å². The van der Waals surface area contributed by atoms with Crippen LogP contribution in [0, 0.1) is 14.9 Å². The molecule has 1 aliphatic heterocycles. The first-order valence-electron chi connectivity index (χ1n) is 5.30. The van der Waals surface area contributed by atoms with Crippen molar-refractivity contribution in [1.82, 2.24) is 4.31 Å². The summed E-state index contributed by atoms with van der Waals surface area (Å²) in [6.07, 6.45) is 1.89. The molecule has 1 aromatic rings. The van der Waals surface area contributed by atoms with Gasteiger partial charge in [0.1, 0.15) is 9.92 Å². The van der Waals surface area contributed by atoms with Crippen LogP contribution in [-0.4, -0.2) is 26.5 Å². The summed E-state index contributed by atoms with van der Waals surface area (Å²) in [5, 5.41) is 10.5. The maximum Gasteiger partial charge on any atom is 0.269 e. The van der Waals surface area contributed by atoms with E-state index in [9.17, 15) is 14.3 Å². The molecule has 1 unspecified atom stereocenters. The Balaban J connectivity index is 2.30. The van der Waals surface area contributed by atoms with Crippen LogP contribution in [0.2, 0.25) is 0 Å². The van der Waals surface area contributed by atoms with Crippen molar-refractivity contribution in [3.63, 3.8) is 0 Å². The Labute approximate surface area is 99.5 Å². The zero-order valence-electron chi connectivity index (χ0n) is 9.17. The third-order valence-corrected chi connectivity index (χ3v) is 4.80. The maximum atomic E-state index is 12.3. The summed E-state index contributed by atoms with van der Waals surface area (Å²) in [7, 11) is -2.97. The molecule has 1 atom stereocenters. The van der Waals surface area contributed by atoms with Crippen molar-refractivity contribution >= 4 is 15.6 Å². The molecule has 2 rings (SSSR count). The highest BCUT2D eigenvalue weighted by molar-refractivity contribution is 7.90. The molecule has 1 aromatic carbocycles. The highest BCUT2D eigenvalue weighted by Crippen LogP contribution is 2.23. The van der Waals surface area contributed by atoms with Crippen LogP contribution in [-0.2, 0) is 9.92 Å². The Bertz CT molecular complexity index is 518. The van der Waals surface area contributed by atoms with E-state index in [0.717, 1.165) is 12.8 Å². The molecule has 1 N–H and O–H groups in total. The second-order valence-corrected chi connectivity index (χ2v) is 5.95. The van der Waals surface area contributed by atoms with Gasteiger partial charge in [-0.1, -0.05) is 0 Å². The molecule has 1 saturated heterocycles. The molecular weight excluding hydrogens is 242 g/mol. The van der Waals surface area contributed by atoms with E-state index in [1.54, 1.807) is 4.31 Å². The molecule has 0 radical (unpaired) electrons. The Morgan fingerprint density at radius 3 is 2.24 bits per heavy atom. The molecule has 0 aliphatic carbocycles. The predicted octanol–water partition coefficient (Wildman–Crippen LogP) is 2.01. The van der Waals surface area contributed by atoms with Crippen LogP contribution < -0.4 is 0 Å². The Morgan fingerprint density at radius 1 is 1.24 bits per heavy atom. The predicted molar refractivity (Wildman–Crippen MR) is 63.0 cm³/mol. The smallest absolute Gasteiger partial charge is 0.258 e. The number of nitro groups is 1. The van der Waals surface area contributed by atoms with Crippen LogP contribution in [0.4, 0.5) is 5.69 Å². The summed E-state index contributed by atoms with van der Waals surface area (Å²) in [5.41, 5.74) is -0.0506. The summed E-state index contributed by atoms with van der Waals surface area (Å²) < 4.78 is 21.9. The van der Waals surface area contributed by atoms with Gasteiger partial charge in [-0.15, -0.1) is 0 Å². The van der Waals surface area contributed by atoms with Gasteiger partial charge in [-0.05, 0) is 25.0 Å². The fraction of sp³-hybridized carbons (Fsp3) is 0.400. The first-order valence-corrected chi connectivity index (χ1v) is 6.82. The molecule has 7 heteroatoms. The van der Waals surface area contributed by atoms with Gasteiger partial charge in [0.25, 0.3) is 5.69 Å². The highest BCUT2D eigenvalue weighted by atomic mass is 32.2. The van der Waals surface area contributed by atoms with E-state index in [0.29, 0.717) is 18.0 Å². The van der Waals surface area contributed by atoms with Gasteiger partial charge in [0.05, 0.1) is 9.82 Å². The van der Waals surface area contributed by atoms with Gasteiger partial charge in [-0.25, -0.2) is 13.3 Å². The lowest BCUT2D eigenvalue weighted by Gasteiger charge is -2.18. The SMILES string of the molecule is N=S(=O)(c1ccc([N+](=O)[O-])cc1)N1CCCC1. The summed E-state index contributed by atoms with van der Waals surface area (Å²) in [6, 6.07) is 5.40. The third kappa shape index (κ3) is 2.29. The third-order valence-electron chi connectivity index (χ3n) is 2.80. The second-order valence-electron chi connectivity index (χ2n) is 3.91. The van der Waals surface area contributed by atoms with Crippen LogP contribution in [0.3, 0.4) is 0 Å². The van der Waals surface area contributed by atoms with Gasteiger partial charge in [-0.3, -0.25) is 10.1 Å². The minimum atomic E-state index is -2.97. The number of nitrogens with one attached hydrogen (secondary N) is 1. The lowest BCUT2D eigenvalue weighted by atomic mass is 10.3. The number of non-ortho nitro benzene ring substituents is 1. The molecule has 1 aliphatic rings. The highest BCUT2D eigenvalue weighted by Gasteiger charge is 2.24. The first kappa shape index (κ1) is 12.0. The van der Waals surface area contributed by atoms with Gasteiger partial charge < -0.3 is 0 Å².